The number of ether oxygens (including phenoxy) is 1. The fourth-order valence-corrected chi connectivity index (χ4v) is 1.18. The van der Waals surface area contributed by atoms with Crippen molar-refractivity contribution >= 4 is 21.9 Å². The third-order valence-corrected chi connectivity index (χ3v) is 1.85. The molecule has 12 heavy (non-hydrogen) atoms. The minimum Gasteiger partial charge on any atom is -0.487 e. The van der Waals surface area contributed by atoms with Gasteiger partial charge in [-0.05, 0) is 11.8 Å². The van der Waals surface area contributed by atoms with Gasteiger partial charge in [-0.25, -0.2) is 0 Å². The van der Waals surface area contributed by atoms with Gasteiger partial charge in [0.1, 0.15) is 5.04 Å². The zero-order valence-corrected chi connectivity index (χ0v) is 8.20. The van der Waals surface area contributed by atoms with Crippen LogP contribution in [0.1, 0.15) is 6.92 Å². The largest absolute Gasteiger partial charge is 0.487 e. The summed E-state index contributed by atoms with van der Waals surface area (Å²) in [5.41, 5.74) is 2.55. The fourth-order valence-electron chi connectivity index (χ4n) is 0.565. The third kappa shape index (κ3) is 3.42. The predicted molar refractivity (Wildman–Crippen MR) is 51.3 cm³/mol. The van der Waals surface area contributed by atoms with Gasteiger partial charge in [-0.2, -0.15) is 0 Å². The van der Waals surface area contributed by atoms with E-state index in [-0.39, 0.29) is 5.12 Å². The van der Waals surface area contributed by atoms with Gasteiger partial charge in [0.2, 0.25) is 0 Å². The maximum atomic E-state index is 10.7. The summed E-state index contributed by atoms with van der Waals surface area (Å²) in [4.78, 5) is 14.6. The van der Waals surface area contributed by atoms with E-state index >= 15 is 0 Å². The number of aliphatic imine (C=N–C) groups is 1. The molecule has 0 atom stereocenters. The van der Waals surface area contributed by atoms with Gasteiger partial charge in [0, 0.05) is 14.0 Å². The molecule has 66 valence electrons. The molecule has 0 saturated heterocycles. The Morgan fingerprint density at radius 3 is 2.50 bits per heavy atom. The van der Waals surface area contributed by atoms with E-state index in [2.05, 4.69) is 17.3 Å². The Bertz CT molecular complexity index is 252. The van der Waals surface area contributed by atoms with Crippen LogP contribution in [0.5, 0.6) is 0 Å². The number of hydrogen-bond acceptors (Lipinski definition) is 4. The first kappa shape index (κ1) is 11.0. The molecule has 0 aliphatic carbocycles. The van der Waals surface area contributed by atoms with E-state index in [4.69, 9.17) is 4.74 Å². The van der Waals surface area contributed by atoms with E-state index in [1.165, 1.54) is 14.0 Å². The van der Waals surface area contributed by atoms with Gasteiger partial charge in [0.25, 0.3) is 0 Å². The Balaban J connectivity index is 4.57. The maximum absolute atomic E-state index is 10.7. The first-order chi connectivity index (χ1) is 5.65. The second-order valence-corrected chi connectivity index (χ2v) is 3.00. The summed E-state index contributed by atoms with van der Waals surface area (Å²) in [5, 5.41) is 0.459. The molecule has 0 heterocycles. The summed E-state index contributed by atoms with van der Waals surface area (Å²) in [5.74, 6) is 0.401. The summed E-state index contributed by atoms with van der Waals surface area (Å²) in [6.45, 7) is 4.88. The molecule has 0 aromatic rings. The minimum atomic E-state index is -0.0413. The van der Waals surface area contributed by atoms with Gasteiger partial charge in [0.05, 0.1) is 7.11 Å². The molecule has 3 nitrogen and oxygen atoms in total. The van der Waals surface area contributed by atoms with Crippen molar-refractivity contribution in [2.45, 2.75) is 6.92 Å². The topological polar surface area (TPSA) is 38.7 Å². The highest BCUT2D eigenvalue weighted by Gasteiger charge is 2.08. The van der Waals surface area contributed by atoms with Gasteiger partial charge >= 0.3 is 0 Å². The third-order valence-electron chi connectivity index (χ3n) is 1.00. The average molecular weight is 185 g/mol. The van der Waals surface area contributed by atoms with Crippen LogP contribution < -0.4 is 0 Å². The van der Waals surface area contributed by atoms with Crippen molar-refractivity contribution in [2.24, 2.45) is 4.99 Å². The van der Waals surface area contributed by atoms with Crippen LogP contribution in [-0.4, -0.2) is 24.3 Å². The Morgan fingerprint density at radius 2 is 2.25 bits per heavy atom. The van der Waals surface area contributed by atoms with Crippen LogP contribution in [0.2, 0.25) is 0 Å². The Hall–Kier alpha value is -0.990. The van der Waals surface area contributed by atoms with Crippen molar-refractivity contribution < 1.29 is 9.53 Å². The molecule has 4 heteroatoms. The second-order valence-electron chi connectivity index (χ2n) is 1.83. The number of carbonyl (C=O) groups excluding carboxylic acids is 1. The Labute approximate surface area is 76.2 Å². The van der Waals surface area contributed by atoms with Crippen molar-refractivity contribution in [3.05, 3.63) is 18.1 Å². The lowest BCUT2D eigenvalue weighted by molar-refractivity contribution is -0.109. The van der Waals surface area contributed by atoms with Crippen molar-refractivity contribution in [1.29, 1.82) is 0 Å². The smallest absolute Gasteiger partial charge is 0.193 e. The number of carbonyl (C=O) groups is 1. The highest BCUT2D eigenvalue weighted by atomic mass is 32.2. The molecule has 0 N–H and O–H groups in total. The van der Waals surface area contributed by atoms with E-state index in [0.717, 1.165) is 11.8 Å². The lowest BCUT2D eigenvalue weighted by atomic mass is 10.5. The standard InChI is InChI=1S/C8H11NO2S/c1-5-7(11-4)8(9-3)12-6(2)10/h1H2,2-4H3. The monoisotopic (exact) mass is 185 g/mol. The van der Waals surface area contributed by atoms with Crippen molar-refractivity contribution in [1.82, 2.24) is 0 Å². The van der Waals surface area contributed by atoms with Crippen molar-refractivity contribution in [2.75, 3.05) is 14.2 Å². The molecule has 0 bridgehead atoms. The number of thioether (sulfide) groups is 1. The molecule has 0 aliphatic rings. The SMILES string of the molecule is C=C=C(OC)C(=NC)SC(C)=O. The molecule has 0 unspecified atom stereocenters. The van der Waals surface area contributed by atoms with Crippen LogP contribution in [0.4, 0.5) is 0 Å². The van der Waals surface area contributed by atoms with Crippen LogP contribution in [0.15, 0.2) is 23.1 Å². The van der Waals surface area contributed by atoms with Crippen LogP contribution in [0, 0.1) is 0 Å². The van der Waals surface area contributed by atoms with Crippen LogP contribution in [0.25, 0.3) is 0 Å². The molecular formula is C8H11NO2S. The molecule has 0 saturated carbocycles. The van der Waals surface area contributed by atoms with Gasteiger partial charge in [0.15, 0.2) is 10.9 Å². The van der Waals surface area contributed by atoms with Crippen molar-refractivity contribution in [3.63, 3.8) is 0 Å². The Morgan fingerprint density at radius 1 is 1.67 bits per heavy atom. The van der Waals surface area contributed by atoms with Gasteiger partial charge in [-0.15, -0.1) is 0 Å². The second kappa shape index (κ2) is 5.63. The first-order valence-corrected chi connectivity index (χ1v) is 4.07. The molecule has 0 rings (SSSR count). The summed E-state index contributed by atoms with van der Waals surface area (Å²) < 4.78 is 4.89. The highest BCUT2D eigenvalue weighted by Crippen LogP contribution is 2.12. The van der Waals surface area contributed by atoms with E-state index in [1.807, 2.05) is 0 Å². The molecule has 0 aromatic carbocycles. The molecule has 0 radical (unpaired) electrons. The minimum absolute atomic E-state index is 0.0413. The van der Waals surface area contributed by atoms with Gasteiger partial charge in [-0.1, -0.05) is 12.3 Å². The van der Waals surface area contributed by atoms with Crippen LogP contribution in [-0.2, 0) is 9.53 Å². The average Bonchev–Trinajstić information content (AvgIpc) is 2.04. The zero-order chi connectivity index (χ0) is 9.56. The summed E-state index contributed by atoms with van der Waals surface area (Å²) in [6, 6.07) is 0. The maximum Gasteiger partial charge on any atom is 0.193 e. The van der Waals surface area contributed by atoms with Crippen LogP contribution >= 0.6 is 11.8 Å². The normalized spacial score (nSPS) is 10.4. The first-order valence-electron chi connectivity index (χ1n) is 3.25. The predicted octanol–water partition coefficient (Wildman–Crippen LogP) is 1.61. The van der Waals surface area contributed by atoms with Crippen molar-refractivity contribution in [3.8, 4) is 0 Å². The zero-order valence-electron chi connectivity index (χ0n) is 7.38. The van der Waals surface area contributed by atoms with Crippen LogP contribution in [0.3, 0.4) is 0 Å². The molecule has 0 fully saturated rings. The summed E-state index contributed by atoms with van der Waals surface area (Å²) >= 11 is 1.00. The quantitative estimate of drug-likeness (QED) is 0.284. The molecular weight excluding hydrogens is 174 g/mol. The molecule has 0 amide bonds. The molecule has 0 spiro atoms. The summed E-state index contributed by atoms with van der Waals surface area (Å²) in [6.07, 6.45) is 0. The molecule has 0 aliphatic heterocycles. The van der Waals surface area contributed by atoms with Gasteiger partial charge < -0.3 is 4.74 Å². The molecule has 0 aromatic heterocycles. The highest BCUT2D eigenvalue weighted by molar-refractivity contribution is 8.26. The van der Waals surface area contributed by atoms with E-state index in [0.29, 0.717) is 10.8 Å². The fraction of sp³-hybridized carbons (Fsp3) is 0.375. The van der Waals surface area contributed by atoms with E-state index in [9.17, 15) is 4.79 Å². The Kier molecular flexibility index (Phi) is 5.17. The number of rotatable bonds is 2. The summed E-state index contributed by atoms with van der Waals surface area (Å²) in [7, 11) is 3.07. The lowest BCUT2D eigenvalue weighted by Gasteiger charge is -2.03. The number of hydrogen-bond donors (Lipinski definition) is 0. The van der Waals surface area contributed by atoms with E-state index in [1.54, 1.807) is 7.05 Å². The number of methoxy groups -OCH3 is 1. The van der Waals surface area contributed by atoms with Gasteiger partial charge in [-0.3, -0.25) is 9.79 Å². The lowest BCUT2D eigenvalue weighted by Crippen LogP contribution is -2.01. The number of nitrogens with zero attached hydrogens (tertiary/aromatic N) is 1. The van der Waals surface area contributed by atoms with E-state index < -0.39 is 0 Å².